The Morgan fingerprint density at radius 3 is 2.70 bits per heavy atom. The van der Waals surface area contributed by atoms with Crippen molar-refractivity contribution in [1.82, 2.24) is 4.90 Å². The van der Waals surface area contributed by atoms with Crippen molar-refractivity contribution >= 4 is 40.4 Å². The maximum absolute atomic E-state index is 12.8. The molecule has 4 rings (SSSR count). The Kier molecular flexibility index (Phi) is 6.95. The highest BCUT2D eigenvalue weighted by Crippen LogP contribution is 2.35. The van der Waals surface area contributed by atoms with Gasteiger partial charge in [0.25, 0.3) is 16.8 Å². The van der Waals surface area contributed by atoms with Gasteiger partial charge in [-0.25, -0.2) is 0 Å². The second kappa shape index (κ2) is 10.1. The van der Waals surface area contributed by atoms with E-state index in [4.69, 9.17) is 9.47 Å². The van der Waals surface area contributed by atoms with Crippen molar-refractivity contribution in [3.63, 3.8) is 0 Å². The van der Waals surface area contributed by atoms with Gasteiger partial charge in [-0.05, 0) is 54.1 Å². The molecule has 0 bridgehead atoms. The molecule has 0 aromatic heterocycles. The lowest BCUT2D eigenvalue weighted by molar-refractivity contribution is -0.384. The van der Waals surface area contributed by atoms with Crippen LogP contribution in [0.4, 0.5) is 16.2 Å². The predicted molar refractivity (Wildman–Crippen MR) is 125 cm³/mol. The molecular weight excluding hydrogens is 446 g/mol. The van der Waals surface area contributed by atoms with E-state index in [0.29, 0.717) is 43.3 Å². The molecule has 0 N–H and O–H groups in total. The molecule has 0 saturated carbocycles. The van der Waals surface area contributed by atoms with E-state index < -0.39 is 16.1 Å². The molecule has 0 spiro atoms. The highest BCUT2D eigenvalue weighted by molar-refractivity contribution is 8.18. The van der Waals surface area contributed by atoms with Crippen LogP contribution in [0.25, 0.3) is 6.08 Å². The van der Waals surface area contributed by atoms with Crippen molar-refractivity contribution in [2.24, 2.45) is 0 Å². The zero-order valence-electron chi connectivity index (χ0n) is 18.1. The summed E-state index contributed by atoms with van der Waals surface area (Å²) in [7, 11) is 0. The molecule has 0 aliphatic carbocycles. The monoisotopic (exact) mass is 469 g/mol. The molecule has 2 fully saturated rings. The Hall–Kier alpha value is -3.37. The van der Waals surface area contributed by atoms with Crippen LogP contribution in [0, 0.1) is 17.0 Å². The summed E-state index contributed by atoms with van der Waals surface area (Å²) in [6, 6.07) is 12.3. The quantitative estimate of drug-likeness (QED) is 0.342. The number of anilines is 1. The maximum Gasteiger partial charge on any atom is 0.293 e. The van der Waals surface area contributed by atoms with Crippen LogP contribution in [0.2, 0.25) is 0 Å². The van der Waals surface area contributed by atoms with Gasteiger partial charge in [-0.2, -0.15) is 0 Å². The summed E-state index contributed by atoms with van der Waals surface area (Å²) in [4.78, 5) is 39.6. The van der Waals surface area contributed by atoms with Gasteiger partial charge in [0.05, 0.1) is 29.6 Å². The number of nitrogens with zero attached hydrogens (tertiary/aromatic N) is 3. The van der Waals surface area contributed by atoms with Crippen LogP contribution in [0.5, 0.6) is 5.75 Å². The Labute approximate surface area is 195 Å². The third-order valence-electron chi connectivity index (χ3n) is 5.29. The molecule has 2 amide bonds. The van der Waals surface area contributed by atoms with E-state index in [0.717, 1.165) is 22.2 Å². The van der Waals surface area contributed by atoms with Gasteiger partial charge in [-0.15, -0.1) is 0 Å². The van der Waals surface area contributed by atoms with Crippen molar-refractivity contribution < 1.29 is 24.0 Å². The standard InChI is InChI=1S/C23H23N3O6S/c1-16-3-2-4-18(13-16)32-12-9-25-22(27)21(33-23(25)28)15-17-5-6-19(20(14-17)26(29)30)24-7-10-31-11-8-24/h2-6,13-15H,7-12H2,1H3/b21-15-. The van der Waals surface area contributed by atoms with Crippen LogP contribution >= 0.6 is 11.8 Å². The fourth-order valence-corrected chi connectivity index (χ4v) is 4.52. The summed E-state index contributed by atoms with van der Waals surface area (Å²) in [6.45, 7) is 4.42. The average Bonchev–Trinajstić information content (AvgIpc) is 3.07. The smallest absolute Gasteiger partial charge is 0.293 e. The van der Waals surface area contributed by atoms with Crippen LogP contribution in [0.3, 0.4) is 0 Å². The largest absolute Gasteiger partial charge is 0.492 e. The van der Waals surface area contributed by atoms with Crippen LogP contribution in [0.15, 0.2) is 47.4 Å². The molecular formula is C23H23N3O6S. The minimum Gasteiger partial charge on any atom is -0.492 e. The molecule has 2 aromatic rings. The van der Waals surface area contributed by atoms with Crippen molar-refractivity contribution in [3.8, 4) is 5.75 Å². The molecule has 2 heterocycles. The summed E-state index contributed by atoms with van der Waals surface area (Å²) < 4.78 is 11.0. The lowest BCUT2D eigenvalue weighted by Gasteiger charge is -2.28. The fourth-order valence-electron chi connectivity index (χ4n) is 3.65. The van der Waals surface area contributed by atoms with E-state index in [1.807, 2.05) is 36.1 Å². The summed E-state index contributed by atoms with van der Waals surface area (Å²) in [5.41, 5.74) is 2.01. The SMILES string of the molecule is Cc1cccc(OCCN2C(=O)S/C(=C\c3ccc(N4CCOCC4)c([N+](=O)[O-])c3)C2=O)c1. The van der Waals surface area contributed by atoms with Gasteiger partial charge >= 0.3 is 0 Å². The summed E-state index contributed by atoms with van der Waals surface area (Å²) in [6.07, 6.45) is 1.52. The predicted octanol–water partition coefficient (Wildman–Crippen LogP) is 3.86. The van der Waals surface area contributed by atoms with E-state index in [1.54, 1.807) is 12.1 Å². The van der Waals surface area contributed by atoms with Crippen LogP contribution in [-0.4, -0.2) is 60.4 Å². The number of thioether (sulfide) groups is 1. The van der Waals surface area contributed by atoms with Gasteiger partial charge < -0.3 is 14.4 Å². The van der Waals surface area contributed by atoms with E-state index in [9.17, 15) is 19.7 Å². The maximum atomic E-state index is 12.8. The molecule has 0 radical (unpaired) electrons. The molecule has 172 valence electrons. The summed E-state index contributed by atoms with van der Waals surface area (Å²) in [5, 5.41) is 11.3. The number of hydrogen-bond acceptors (Lipinski definition) is 8. The summed E-state index contributed by atoms with van der Waals surface area (Å²) in [5.74, 6) is 0.239. The topological polar surface area (TPSA) is 102 Å². The normalized spacial score (nSPS) is 17.7. The molecule has 10 heteroatoms. The number of rotatable bonds is 7. The van der Waals surface area contributed by atoms with Crippen molar-refractivity contribution in [3.05, 3.63) is 68.6 Å². The second-order valence-corrected chi connectivity index (χ2v) is 8.60. The van der Waals surface area contributed by atoms with Gasteiger partial charge in [-0.3, -0.25) is 24.6 Å². The summed E-state index contributed by atoms with van der Waals surface area (Å²) >= 11 is 0.818. The average molecular weight is 470 g/mol. The molecule has 9 nitrogen and oxygen atoms in total. The fraction of sp³-hybridized carbons (Fsp3) is 0.304. The molecule has 2 aliphatic heterocycles. The van der Waals surface area contributed by atoms with E-state index >= 15 is 0 Å². The first-order valence-corrected chi connectivity index (χ1v) is 11.3. The van der Waals surface area contributed by atoms with Crippen LogP contribution in [-0.2, 0) is 9.53 Å². The number of nitro benzene ring substituents is 1. The minimum absolute atomic E-state index is 0.0450. The Bertz CT molecular complexity index is 1110. The number of hydrogen-bond donors (Lipinski definition) is 0. The number of aryl methyl sites for hydroxylation is 1. The molecule has 2 aliphatic rings. The lowest BCUT2D eigenvalue weighted by atomic mass is 10.1. The van der Waals surface area contributed by atoms with E-state index in [-0.39, 0.29) is 23.7 Å². The Morgan fingerprint density at radius 1 is 1.18 bits per heavy atom. The number of amides is 2. The van der Waals surface area contributed by atoms with Gasteiger partial charge in [0.15, 0.2) is 0 Å². The van der Waals surface area contributed by atoms with Crippen molar-refractivity contribution in [2.75, 3.05) is 44.4 Å². The number of imide groups is 1. The highest BCUT2D eigenvalue weighted by Gasteiger charge is 2.35. The minimum atomic E-state index is -0.434. The second-order valence-electron chi connectivity index (χ2n) is 7.60. The number of benzene rings is 2. The van der Waals surface area contributed by atoms with E-state index in [2.05, 4.69) is 0 Å². The number of ether oxygens (including phenoxy) is 2. The number of morpholine rings is 1. The molecule has 0 atom stereocenters. The Balaban J connectivity index is 1.46. The first-order chi connectivity index (χ1) is 15.9. The van der Waals surface area contributed by atoms with Crippen LogP contribution < -0.4 is 9.64 Å². The van der Waals surface area contributed by atoms with Crippen molar-refractivity contribution in [2.45, 2.75) is 6.92 Å². The number of carbonyl (C=O) groups is 2. The lowest BCUT2D eigenvalue weighted by Crippen LogP contribution is -2.36. The van der Waals surface area contributed by atoms with Crippen molar-refractivity contribution in [1.29, 1.82) is 0 Å². The highest BCUT2D eigenvalue weighted by atomic mass is 32.2. The molecule has 33 heavy (non-hydrogen) atoms. The van der Waals surface area contributed by atoms with Gasteiger partial charge in [0.1, 0.15) is 18.0 Å². The van der Waals surface area contributed by atoms with Gasteiger partial charge in [-0.1, -0.05) is 18.2 Å². The first-order valence-electron chi connectivity index (χ1n) is 10.5. The molecule has 0 unspecified atom stereocenters. The van der Waals surface area contributed by atoms with Gasteiger partial charge in [0.2, 0.25) is 0 Å². The zero-order valence-corrected chi connectivity index (χ0v) is 18.9. The molecule has 2 aromatic carbocycles. The van der Waals surface area contributed by atoms with Crippen LogP contribution in [0.1, 0.15) is 11.1 Å². The molecule has 2 saturated heterocycles. The number of nitro groups is 1. The third-order valence-corrected chi connectivity index (χ3v) is 6.20. The zero-order chi connectivity index (χ0) is 23.4. The third kappa shape index (κ3) is 5.35. The van der Waals surface area contributed by atoms with E-state index in [1.165, 1.54) is 12.1 Å². The van der Waals surface area contributed by atoms with Gasteiger partial charge in [0, 0.05) is 19.2 Å². The first kappa shape index (κ1) is 22.8. The Morgan fingerprint density at radius 2 is 1.97 bits per heavy atom. The number of carbonyl (C=O) groups excluding carboxylic acids is 2.